The van der Waals surface area contributed by atoms with Crippen molar-refractivity contribution in [2.75, 3.05) is 0 Å². The average Bonchev–Trinajstić information content (AvgIpc) is 2.72. The lowest BCUT2D eigenvalue weighted by Crippen LogP contribution is -2.40. The smallest absolute Gasteiger partial charge is 0.250 e. The molecule has 1 N–H and O–H groups in total. The van der Waals surface area contributed by atoms with E-state index in [0.29, 0.717) is 30.5 Å². The average molecular weight is 427 g/mol. The Morgan fingerprint density at radius 2 is 1.48 bits per heavy atom. The maximum absolute atomic E-state index is 15.8. The number of hydrogen-bond acceptors (Lipinski definition) is 1. The highest BCUT2D eigenvalue weighted by atomic mass is 28.4. The maximum atomic E-state index is 15.8. The molecule has 1 nitrogen and oxygen atoms in total. The summed E-state index contributed by atoms with van der Waals surface area (Å²) < 4.78 is 43.2. The predicted molar refractivity (Wildman–Crippen MR) is 116 cm³/mol. The van der Waals surface area contributed by atoms with Gasteiger partial charge in [-0.05, 0) is 60.0 Å². The van der Waals surface area contributed by atoms with Crippen molar-refractivity contribution in [1.82, 2.24) is 0 Å². The topological polar surface area (TPSA) is 20.2 Å². The van der Waals surface area contributed by atoms with Crippen molar-refractivity contribution in [3.8, 4) is 5.75 Å². The van der Waals surface area contributed by atoms with E-state index < -0.39 is 25.8 Å². The number of aromatic hydroxyl groups is 1. The molecule has 1 aliphatic carbocycles. The lowest BCUT2D eigenvalue weighted by atomic mass is 9.85. The van der Waals surface area contributed by atoms with Gasteiger partial charge in [0.25, 0.3) is 0 Å². The molecule has 1 aromatic carbocycles. The van der Waals surface area contributed by atoms with Crippen LogP contribution in [-0.2, 0) is 0 Å². The van der Waals surface area contributed by atoms with E-state index in [1.165, 1.54) is 63.5 Å². The molecule has 1 heterocycles. The van der Waals surface area contributed by atoms with E-state index in [1.54, 1.807) is 0 Å². The Bertz CT molecular complexity index is 627. The first kappa shape index (κ1) is 22.7. The minimum absolute atomic E-state index is 0.00966. The second-order valence-corrected chi connectivity index (χ2v) is 13.4. The number of benzene rings is 1. The van der Waals surface area contributed by atoms with Crippen LogP contribution in [-0.4, -0.2) is 13.5 Å². The molecule has 1 saturated carbocycles. The minimum Gasteiger partial charge on any atom is -0.503 e. The fourth-order valence-electron chi connectivity index (χ4n) is 5.67. The van der Waals surface area contributed by atoms with Gasteiger partial charge in [-0.3, -0.25) is 0 Å². The van der Waals surface area contributed by atoms with Gasteiger partial charge in [-0.15, -0.1) is 0 Å². The van der Waals surface area contributed by atoms with Crippen LogP contribution in [0.5, 0.6) is 5.75 Å². The molecular weight excluding hydrogens is 389 g/mol. The third-order valence-corrected chi connectivity index (χ3v) is 11.9. The Labute approximate surface area is 175 Å². The molecule has 2 aliphatic rings. The zero-order chi connectivity index (χ0) is 20.9. The van der Waals surface area contributed by atoms with Crippen LogP contribution in [0.4, 0.5) is 12.9 Å². The number of hydrogen-bond donors (Lipinski definition) is 1. The van der Waals surface area contributed by atoms with Crippen LogP contribution in [0.1, 0.15) is 95.5 Å². The summed E-state index contributed by atoms with van der Waals surface area (Å²) in [4.78, 5) is 0. The molecule has 3 rings (SSSR count). The van der Waals surface area contributed by atoms with Gasteiger partial charge in [-0.2, -0.15) is 0 Å². The maximum Gasteiger partial charge on any atom is 0.250 e. The number of rotatable bonds is 8. The fourth-order valence-corrected chi connectivity index (χ4v) is 9.76. The van der Waals surface area contributed by atoms with Crippen LogP contribution in [0.2, 0.25) is 17.6 Å². The van der Waals surface area contributed by atoms with Crippen LogP contribution in [0.25, 0.3) is 0 Å². The van der Waals surface area contributed by atoms with E-state index in [1.807, 2.05) is 0 Å². The van der Waals surface area contributed by atoms with Gasteiger partial charge in [0, 0.05) is 0 Å². The molecule has 0 unspecified atom stereocenters. The lowest BCUT2D eigenvalue weighted by molar-refractivity contribution is 0.314. The summed E-state index contributed by atoms with van der Waals surface area (Å²) in [7, 11) is -2.76. The molecule has 0 amide bonds. The van der Waals surface area contributed by atoms with Crippen molar-refractivity contribution < 1.29 is 18.0 Å². The molecule has 1 aromatic rings. The third-order valence-electron chi connectivity index (χ3n) is 7.62. The monoisotopic (exact) mass is 426 g/mol. The number of phenols is 1. The molecule has 0 radical (unpaired) electrons. The summed E-state index contributed by atoms with van der Waals surface area (Å²) in [5, 5.41) is 9.29. The Morgan fingerprint density at radius 1 is 0.897 bits per heavy atom. The van der Waals surface area contributed by atoms with Gasteiger partial charge in [-0.1, -0.05) is 71.1 Å². The van der Waals surface area contributed by atoms with Gasteiger partial charge >= 0.3 is 0 Å². The van der Waals surface area contributed by atoms with E-state index in [9.17, 15) is 13.9 Å². The first-order valence-electron chi connectivity index (χ1n) is 11.8. The van der Waals surface area contributed by atoms with E-state index in [4.69, 9.17) is 0 Å². The van der Waals surface area contributed by atoms with E-state index in [2.05, 4.69) is 6.92 Å². The summed E-state index contributed by atoms with van der Waals surface area (Å²) in [6, 6.07) is 3.69. The van der Waals surface area contributed by atoms with Crippen molar-refractivity contribution in [1.29, 1.82) is 0 Å². The molecule has 0 spiro atoms. The third kappa shape index (κ3) is 5.80. The molecule has 0 aromatic heterocycles. The number of unbranched alkanes of at least 4 members (excludes halogenated alkanes) is 4. The molecule has 1 aliphatic heterocycles. The second kappa shape index (κ2) is 10.4. The Morgan fingerprint density at radius 3 is 2.07 bits per heavy atom. The molecule has 2 fully saturated rings. The van der Waals surface area contributed by atoms with Gasteiger partial charge in [-0.25, -0.2) is 8.78 Å². The van der Waals surface area contributed by atoms with Crippen LogP contribution in [0.15, 0.2) is 12.1 Å². The quantitative estimate of drug-likeness (QED) is 0.251. The second-order valence-electron chi connectivity index (χ2n) is 9.56. The van der Waals surface area contributed by atoms with E-state index >= 15 is 4.11 Å². The fraction of sp³-hybridized carbons (Fsp3) is 0.750. The van der Waals surface area contributed by atoms with Gasteiger partial charge < -0.3 is 9.21 Å². The molecule has 1 saturated heterocycles. The molecule has 29 heavy (non-hydrogen) atoms. The van der Waals surface area contributed by atoms with Crippen molar-refractivity contribution >= 4 is 8.41 Å². The van der Waals surface area contributed by atoms with Crippen molar-refractivity contribution in [2.45, 2.75) is 108 Å². The SMILES string of the molecule is CCCCCCC[C@H]1CC[C@H]([Si]2(F)CCC(c3cc(F)c(O)c(F)c3)CC2)CC1. The molecule has 0 bridgehead atoms. The van der Waals surface area contributed by atoms with Crippen molar-refractivity contribution in [3.05, 3.63) is 29.3 Å². The van der Waals surface area contributed by atoms with Gasteiger partial charge in [0.2, 0.25) is 8.41 Å². The van der Waals surface area contributed by atoms with Gasteiger partial charge in [0.15, 0.2) is 17.4 Å². The minimum atomic E-state index is -2.76. The predicted octanol–water partition coefficient (Wildman–Crippen LogP) is 8.38. The summed E-state index contributed by atoms with van der Waals surface area (Å²) in [5.41, 5.74) is 0.855. The van der Waals surface area contributed by atoms with Gasteiger partial charge in [0.1, 0.15) is 0 Å². The zero-order valence-corrected chi connectivity index (χ0v) is 18.9. The van der Waals surface area contributed by atoms with Gasteiger partial charge in [0.05, 0.1) is 0 Å². The van der Waals surface area contributed by atoms with E-state index in [-0.39, 0.29) is 11.5 Å². The first-order chi connectivity index (χ1) is 13.9. The number of halogens is 3. The Hall–Kier alpha value is -0.973. The summed E-state index contributed by atoms with van der Waals surface area (Å²) in [5.74, 6) is -1.94. The molecule has 0 atom stereocenters. The Balaban J connectivity index is 1.45. The summed E-state index contributed by atoms with van der Waals surface area (Å²) >= 11 is 0. The van der Waals surface area contributed by atoms with Crippen LogP contribution >= 0.6 is 0 Å². The first-order valence-corrected chi connectivity index (χ1v) is 14.2. The molecular formula is C24H37F3OSi. The van der Waals surface area contributed by atoms with Crippen LogP contribution in [0, 0.1) is 17.6 Å². The molecule has 164 valence electrons. The largest absolute Gasteiger partial charge is 0.503 e. The van der Waals surface area contributed by atoms with Crippen LogP contribution < -0.4 is 0 Å². The van der Waals surface area contributed by atoms with E-state index in [0.717, 1.165) is 18.8 Å². The Kier molecular flexibility index (Phi) is 8.12. The van der Waals surface area contributed by atoms with Crippen LogP contribution in [0.3, 0.4) is 0 Å². The zero-order valence-electron chi connectivity index (χ0n) is 17.9. The highest BCUT2D eigenvalue weighted by Crippen LogP contribution is 2.50. The summed E-state index contributed by atoms with van der Waals surface area (Å²) in [6.07, 6.45) is 13.8. The number of phenolic OH excluding ortho intramolecular Hbond substituents is 1. The highest BCUT2D eigenvalue weighted by Gasteiger charge is 2.46. The molecule has 5 heteroatoms. The standard InChI is InChI=1S/C24H37F3OSi/c1-2-3-4-5-6-7-18-8-10-21(11-9-18)29(27)14-12-19(13-15-29)20-16-22(25)24(28)23(26)17-20/h16-19,21,28H,2-15H2,1H3/t18-,19?,21-,29?. The summed E-state index contributed by atoms with van der Waals surface area (Å²) in [6.45, 7) is 2.24. The highest BCUT2D eigenvalue weighted by molar-refractivity contribution is 6.74. The normalized spacial score (nSPS) is 30.4. The van der Waals surface area contributed by atoms with Crippen molar-refractivity contribution in [2.24, 2.45) is 5.92 Å². The van der Waals surface area contributed by atoms with Crippen molar-refractivity contribution in [3.63, 3.8) is 0 Å². The lowest BCUT2D eigenvalue weighted by Gasteiger charge is -2.40.